The summed E-state index contributed by atoms with van der Waals surface area (Å²) in [5.74, 6) is 0.775. The molecule has 1 saturated heterocycles. The van der Waals surface area contributed by atoms with Crippen molar-refractivity contribution in [3.8, 4) is 11.6 Å². The van der Waals surface area contributed by atoms with Gasteiger partial charge in [-0.2, -0.15) is 0 Å². The second-order valence-electron chi connectivity index (χ2n) is 5.48. The number of hydrogen-bond acceptors (Lipinski definition) is 5. The van der Waals surface area contributed by atoms with Crippen LogP contribution in [0.5, 0.6) is 11.6 Å². The molecule has 1 aliphatic rings. The number of aromatic nitrogens is 1. The van der Waals surface area contributed by atoms with Gasteiger partial charge in [0.05, 0.1) is 18.9 Å². The highest BCUT2D eigenvalue weighted by molar-refractivity contribution is 6.05. The molecule has 24 heavy (non-hydrogen) atoms. The highest BCUT2D eigenvalue weighted by Crippen LogP contribution is 2.26. The van der Waals surface area contributed by atoms with Gasteiger partial charge in [-0.15, -0.1) is 0 Å². The highest BCUT2D eigenvalue weighted by Gasteiger charge is 2.17. The van der Waals surface area contributed by atoms with E-state index in [-0.39, 0.29) is 12.0 Å². The van der Waals surface area contributed by atoms with E-state index in [9.17, 15) is 4.79 Å². The molecule has 1 aliphatic heterocycles. The van der Waals surface area contributed by atoms with Crippen LogP contribution in [0.4, 0.5) is 5.69 Å². The predicted molar refractivity (Wildman–Crippen MR) is 89.7 cm³/mol. The van der Waals surface area contributed by atoms with E-state index in [1.807, 2.05) is 18.2 Å². The molecule has 0 bridgehead atoms. The lowest BCUT2D eigenvalue weighted by molar-refractivity contribution is 0.0682. The van der Waals surface area contributed by atoms with Crippen LogP contribution >= 0.6 is 0 Å². The Balaban J connectivity index is 1.68. The van der Waals surface area contributed by atoms with Gasteiger partial charge < -0.3 is 19.5 Å². The van der Waals surface area contributed by atoms with Gasteiger partial charge >= 0.3 is 0 Å². The van der Waals surface area contributed by atoms with Crippen molar-refractivity contribution in [1.82, 2.24) is 4.98 Å². The van der Waals surface area contributed by atoms with Crippen molar-refractivity contribution in [1.29, 1.82) is 0 Å². The molecule has 2 aromatic rings. The number of carbonyl (C=O) groups is 1. The minimum absolute atomic E-state index is 0.123. The van der Waals surface area contributed by atoms with Crippen LogP contribution in [0, 0.1) is 0 Å². The second kappa shape index (κ2) is 7.79. The molecule has 1 amide bonds. The standard InChI is InChI=1S/C18H20N2O4/c1-22-17-11-13(8-9-19-17)18(21)20-15-6-2-3-7-16(15)24-12-14-5-4-10-23-14/h2-3,6-9,11,14H,4-5,10,12H2,1H3,(H,20,21). The van der Waals surface area contributed by atoms with Crippen molar-refractivity contribution in [3.63, 3.8) is 0 Å². The number of rotatable bonds is 6. The molecule has 0 aliphatic carbocycles. The zero-order chi connectivity index (χ0) is 16.8. The van der Waals surface area contributed by atoms with E-state index < -0.39 is 0 Å². The average Bonchev–Trinajstić information content (AvgIpc) is 3.14. The fraction of sp³-hybridized carbons (Fsp3) is 0.333. The van der Waals surface area contributed by atoms with Crippen molar-refractivity contribution in [3.05, 3.63) is 48.2 Å². The number of nitrogens with one attached hydrogen (secondary N) is 1. The Morgan fingerprint density at radius 1 is 1.38 bits per heavy atom. The minimum Gasteiger partial charge on any atom is -0.489 e. The summed E-state index contributed by atoms with van der Waals surface area (Å²) in [6, 6.07) is 10.6. The number of carbonyl (C=O) groups excluding carboxylic acids is 1. The molecule has 1 unspecified atom stereocenters. The molecule has 6 heteroatoms. The SMILES string of the molecule is COc1cc(C(=O)Nc2ccccc2OCC2CCCO2)ccn1. The summed E-state index contributed by atoms with van der Waals surface area (Å²) in [6.45, 7) is 1.27. The summed E-state index contributed by atoms with van der Waals surface area (Å²) in [4.78, 5) is 16.4. The Morgan fingerprint density at radius 3 is 3.04 bits per heavy atom. The largest absolute Gasteiger partial charge is 0.489 e. The smallest absolute Gasteiger partial charge is 0.256 e. The molecule has 2 heterocycles. The van der Waals surface area contributed by atoms with Crippen LogP contribution in [0.25, 0.3) is 0 Å². The number of nitrogens with zero attached hydrogens (tertiary/aromatic N) is 1. The van der Waals surface area contributed by atoms with Crippen LogP contribution in [-0.4, -0.2) is 37.3 Å². The van der Waals surface area contributed by atoms with Crippen molar-refractivity contribution >= 4 is 11.6 Å². The lowest BCUT2D eigenvalue weighted by Gasteiger charge is -2.15. The van der Waals surface area contributed by atoms with Gasteiger partial charge in [-0.25, -0.2) is 4.98 Å². The van der Waals surface area contributed by atoms with Crippen LogP contribution in [-0.2, 0) is 4.74 Å². The lowest BCUT2D eigenvalue weighted by Crippen LogP contribution is -2.18. The van der Waals surface area contributed by atoms with E-state index in [0.29, 0.717) is 29.5 Å². The summed E-state index contributed by atoms with van der Waals surface area (Å²) >= 11 is 0. The van der Waals surface area contributed by atoms with Crippen LogP contribution in [0.3, 0.4) is 0 Å². The Labute approximate surface area is 140 Å². The summed E-state index contributed by atoms with van der Waals surface area (Å²) in [7, 11) is 1.51. The molecular formula is C18H20N2O4. The molecule has 6 nitrogen and oxygen atoms in total. The van der Waals surface area contributed by atoms with Gasteiger partial charge in [-0.3, -0.25) is 4.79 Å². The topological polar surface area (TPSA) is 69.7 Å². The van der Waals surface area contributed by atoms with Crippen molar-refractivity contribution in [2.75, 3.05) is 25.6 Å². The Morgan fingerprint density at radius 2 is 2.25 bits per heavy atom. The number of hydrogen-bond donors (Lipinski definition) is 1. The maximum Gasteiger partial charge on any atom is 0.256 e. The zero-order valence-corrected chi connectivity index (χ0v) is 13.5. The van der Waals surface area contributed by atoms with Crippen molar-refractivity contribution < 1.29 is 19.0 Å². The second-order valence-corrected chi connectivity index (χ2v) is 5.48. The van der Waals surface area contributed by atoms with Crippen molar-refractivity contribution in [2.24, 2.45) is 0 Å². The summed E-state index contributed by atoms with van der Waals surface area (Å²) in [5, 5.41) is 2.87. The third-order valence-corrected chi connectivity index (χ3v) is 3.79. The van der Waals surface area contributed by atoms with Crippen LogP contribution in [0.2, 0.25) is 0 Å². The summed E-state index contributed by atoms with van der Waals surface area (Å²) in [5.41, 5.74) is 1.09. The van der Waals surface area contributed by atoms with Crippen LogP contribution < -0.4 is 14.8 Å². The number of methoxy groups -OCH3 is 1. The fourth-order valence-electron chi connectivity index (χ4n) is 2.51. The first-order chi connectivity index (χ1) is 11.8. The number of amides is 1. The average molecular weight is 328 g/mol. The molecule has 1 atom stereocenters. The van der Waals surface area contributed by atoms with E-state index in [0.717, 1.165) is 19.4 Å². The molecule has 1 N–H and O–H groups in total. The molecule has 0 saturated carbocycles. The number of pyridine rings is 1. The number of benzene rings is 1. The van der Waals surface area contributed by atoms with E-state index in [1.54, 1.807) is 18.2 Å². The first-order valence-electron chi connectivity index (χ1n) is 7.91. The first-order valence-corrected chi connectivity index (χ1v) is 7.91. The minimum atomic E-state index is -0.246. The third-order valence-electron chi connectivity index (χ3n) is 3.79. The Bertz CT molecular complexity index is 699. The monoisotopic (exact) mass is 328 g/mol. The van der Waals surface area contributed by atoms with Gasteiger partial charge in [0.2, 0.25) is 5.88 Å². The Kier molecular flexibility index (Phi) is 5.28. The van der Waals surface area contributed by atoms with Crippen LogP contribution in [0.15, 0.2) is 42.6 Å². The number of para-hydroxylation sites is 2. The molecule has 0 spiro atoms. The fourth-order valence-corrected chi connectivity index (χ4v) is 2.51. The lowest BCUT2D eigenvalue weighted by atomic mass is 10.2. The first kappa shape index (κ1) is 16.3. The molecule has 1 aromatic heterocycles. The quantitative estimate of drug-likeness (QED) is 0.883. The van der Waals surface area contributed by atoms with Crippen LogP contribution in [0.1, 0.15) is 23.2 Å². The number of ether oxygens (including phenoxy) is 3. The molecule has 1 fully saturated rings. The molecule has 0 radical (unpaired) electrons. The number of anilines is 1. The van der Waals surface area contributed by atoms with Gasteiger partial charge in [0.25, 0.3) is 5.91 Å². The van der Waals surface area contributed by atoms with E-state index in [1.165, 1.54) is 13.3 Å². The van der Waals surface area contributed by atoms with Gasteiger partial charge in [0, 0.05) is 24.4 Å². The Hall–Kier alpha value is -2.60. The van der Waals surface area contributed by atoms with Gasteiger partial charge in [-0.1, -0.05) is 12.1 Å². The van der Waals surface area contributed by atoms with E-state index >= 15 is 0 Å². The van der Waals surface area contributed by atoms with E-state index in [4.69, 9.17) is 14.2 Å². The molecule has 1 aromatic carbocycles. The molecule has 3 rings (SSSR count). The van der Waals surface area contributed by atoms with Gasteiger partial charge in [0.1, 0.15) is 12.4 Å². The molecular weight excluding hydrogens is 308 g/mol. The summed E-state index contributed by atoms with van der Waals surface area (Å²) < 4.78 is 16.4. The van der Waals surface area contributed by atoms with Gasteiger partial charge in [0.15, 0.2) is 0 Å². The van der Waals surface area contributed by atoms with Crippen molar-refractivity contribution in [2.45, 2.75) is 18.9 Å². The normalized spacial score (nSPS) is 16.6. The van der Waals surface area contributed by atoms with E-state index in [2.05, 4.69) is 10.3 Å². The summed E-state index contributed by atoms with van der Waals surface area (Å²) in [6.07, 6.45) is 3.73. The molecule has 126 valence electrons. The maximum atomic E-state index is 12.4. The predicted octanol–water partition coefficient (Wildman–Crippen LogP) is 2.90. The zero-order valence-electron chi connectivity index (χ0n) is 13.5. The maximum absolute atomic E-state index is 12.4. The third kappa shape index (κ3) is 4.02. The van der Waals surface area contributed by atoms with Gasteiger partial charge in [-0.05, 0) is 31.0 Å². The highest BCUT2D eigenvalue weighted by atomic mass is 16.5.